The highest BCUT2D eigenvalue weighted by atomic mass is 16.6. The first-order valence-electron chi connectivity index (χ1n) is 6.10. The summed E-state index contributed by atoms with van der Waals surface area (Å²) in [6, 6.07) is 0. The van der Waals surface area contributed by atoms with E-state index in [1.165, 1.54) is 11.8 Å². The second-order valence-corrected chi connectivity index (χ2v) is 5.70. The Morgan fingerprint density at radius 2 is 2.00 bits per heavy atom. The van der Waals surface area contributed by atoms with Crippen LogP contribution in [-0.2, 0) is 9.53 Å². The molecule has 6 heteroatoms. The molecule has 0 spiro atoms. The van der Waals surface area contributed by atoms with Gasteiger partial charge in [-0.05, 0) is 40.5 Å². The molecule has 1 aliphatic heterocycles. The molecule has 3 N–H and O–H groups in total. The Kier molecular flexibility index (Phi) is 3.90. The normalized spacial score (nSPS) is 25.9. The molecule has 2 unspecified atom stereocenters. The quantitative estimate of drug-likeness (QED) is 0.759. The van der Waals surface area contributed by atoms with Gasteiger partial charge in [0, 0.05) is 6.54 Å². The molecule has 1 aliphatic rings. The maximum absolute atomic E-state index is 12.1. The van der Waals surface area contributed by atoms with Gasteiger partial charge in [-0.3, -0.25) is 9.69 Å². The Bertz CT molecular complexity index is 348. The first kappa shape index (κ1) is 14.8. The molecule has 1 heterocycles. The predicted molar refractivity (Wildman–Crippen MR) is 65.8 cm³/mol. The van der Waals surface area contributed by atoms with E-state index in [0.717, 1.165) is 0 Å². The maximum atomic E-state index is 12.1. The maximum Gasteiger partial charge on any atom is 0.411 e. The smallest absolute Gasteiger partial charge is 0.411 e. The molecule has 0 aromatic rings. The lowest BCUT2D eigenvalue weighted by Crippen LogP contribution is -2.62. The molecule has 1 saturated heterocycles. The lowest BCUT2D eigenvalue weighted by Gasteiger charge is -2.38. The van der Waals surface area contributed by atoms with E-state index in [1.807, 2.05) is 0 Å². The molecule has 0 aliphatic carbocycles. The fourth-order valence-corrected chi connectivity index (χ4v) is 2.31. The standard InChI is InChI=1S/C12H22N2O4/c1-8(15)12(9(13)16)6-5-7-14(12)10(17)18-11(2,3)4/h8,15H,5-7H2,1-4H3,(H2,13,16). The number of carbonyl (C=O) groups is 2. The number of nitrogens with zero attached hydrogens (tertiary/aromatic N) is 1. The summed E-state index contributed by atoms with van der Waals surface area (Å²) in [5.74, 6) is -0.694. The molecule has 0 aromatic carbocycles. The predicted octanol–water partition coefficient (Wildman–Crippen LogP) is 0.622. The van der Waals surface area contributed by atoms with E-state index < -0.39 is 29.2 Å². The average molecular weight is 258 g/mol. The molecule has 0 aromatic heterocycles. The van der Waals surface area contributed by atoms with Gasteiger partial charge in [-0.2, -0.15) is 0 Å². The van der Waals surface area contributed by atoms with Crippen molar-refractivity contribution in [3.8, 4) is 0 Å². The van der Waals surface area contributed by atoms with Crippen LogP contribution in [0, 0.1) is 0 Å². The Morgan fingerprint density at radius 1 is 1.44 bits per heavy atom. The van der Waals surface area contributed by atoms with Crippen LogP contribution in [0.25, 0.3) is 0 Å². The number of hydrogen-bond acceptors (Lipinski definition) is 4. The van der Waals surface area contributed by atoms with Gasteiger partial charge in [-0.25, -0.2) is 4.79 Å². The molecule has 1 fully saturated rings. The Hall–Kier alpha value is -1.30. The molecular formula is C12H22N2O4. The first-order valence-corrected chi connectivity index (χ1v) is 6.10. The zero-order chi connectivity index (χ0) is 14.1. The molecule has 1 rings (SSSR count). The van der Waals surface area contributed by atoms with E-state index in [4.69, 9.17) is 10.5 Å². The van der Waals surface area contributed by atoms with Crippen molar-refractivity contribution in [2.75, 3.05) is 6.54 Å². The van der Waals surface area contributed by atoms with Gasteiger partial charge in [0.1, 0.15) is 11.1 Å². The summed E-state index contributed by atoms with van der Waals surface area (Å²) < 4.78 is 5.25. The summed E-state index contributed by atoms with van der Waals surface area (Å²) in [7, 11) is 0. The van der Waals surface area contributed by atoms with Gasteiger partial charge in [-0.1, -0.05) is 0 Å². The van der Waals surface area contributed by atoms with E-state index in [1.54, 1.807) is 20.8 Å². The Labute approximate surface area is 107 Å². The molecule has 104 valence electrons. The zero-order valence-corrected chi connectivity index (χ0v) is 11.4. The third-order valence-electron chi connectivity index (χ3n) is 3.15. The fraction of sp³-hybridized carbons (Fsp3) is 0.833. The third-order valence-corrected chi connectivity index (χ3v) is 3.15. The summed E-state index contributed by atoms with van der Waals surface area (Å²) in [6.45, 7) is 7.07. The van der Waals surface area contributed by atoms with E-state index in [2.05, 4.69) is 0 Å². The summed E-state index contributed by atoms with van der Waals surface area (Å²) in [6.07, 6.45) is -0.656. The largest absolute Gasteiger partial charge is 0.444 e. The molecule has 0 saturated carbocycles. The molecule has 0 bridgehead atoms. The number of aliphatic hydroxyl groups excluding tert-OH is 1. The lowest BCUT2D eigenvalue weighted by atomic mass is 9.89. The summed E-state index contributed by atoms with van der Waals surface area (Å²) in [4.78, 5) is 25.0. The number of amides is 2. The van der Waals surface area contributed by atoms with Crippen LogP contribution in [0.4, 0.5) is 4.79 Å². The van der Waals surface area contributed by atoms with Crippen molar-refractivity contribution in [2.45, 2.75) is 57.8 Å². The molecular weight excluding hydrogens is 236 g/mol. The Balaban J connectivity index is 3.00. The highest BCUT2D eigenvalue weighted by Gasteiger charge is 2.53. The number of primary amides is 1. The number of hydrogen-bond donors (Lipinski definition) is 2. The summed E-state index contributed by atoms with van der Waals surface area (Å²) in [5, 5.41) is 9.84. The van der Waals surface area contributed by atoms with Crippen molar-refractivity contribution < 1.29 is 19.4 Å². The van der Waals surface area contributed by atoms with Gasteiger partial charge < -0.3 is 15.6 Å². The minimum atomic E-state index is -1.34. The lowest BCUT2D eigenvalue weighted by molar-refractivity contribution is -0.135. The summed E-state index contributed by atoms with van der Waals surface area (Å²) in [5.41, 5.74) is 3.38. The van der Waals surface area contributed by atoms with Crippen LogP contribution >= 0.6 is 0 Å². The zero-order valence-electron chi connectivity index (χ0n) is 11.4. The van der Waals surface area contributed by atoms with E-state index in [9.17, 15) is 14.7 Å². The van der Waals surface area contributed by atoms with Gasteiger partial charge in [0.2, 0.25) is 5.91 Å². The van der Waals surface area contributed by atoms with Crippen molar-refractivity contribution in [3.63, 3.8) is 0 Å². The number of ether oxygens (including phenoxy) is 1. The highest BCUT2D eigenvalue weighted by Crippen LogP contribution is 2.33. The van der Waals surface area contributed by atoms with Crippen molar-refractivity contribution in [1.29, 1.82) is 0 Å². The van der Waals surface area contributed by atoms with Gasteiger partial charge in [0.05, 0.1) is 6.10 Å². The molecule has 18 heavy (non-hydrogen) atoms. The molecule has 2 atom stereocenters. The monoisotopic (exact) mass is 258 g/mol. The average Bonchev–Trinajstić information content (AvgIpc) is 2.59. The van der Waals surface area contributed by atoms with Crippen LogP contribution in [0.5, 0.6) is 0 Å². The fourth-order valence-electron chi connectivity index (χ4n) is 2.31. The highest BCUT2D eigenvalue weighted by molar-refractivity contribution is 5.90. The van der Waals surface area contributed by atoms with Crippen molar-refractivity contribution >= 4 is 12.0 Å². The van der Waals surface area contributed by atoms with E-state index in [0.29, 0.717) is 19.4 Å². The van der Waals surface area contributed by atoms with Gasteiger partial charge in [-0.15, -0.1) is 0 Å². The van der Waals surface area contributed by atoms with Gasteiger partial charge in [0.25, 0.3) is 0 Å². The first-order chi connectivity index (χ1) is 8.11. The third kappa shape index (κ3) is 2.58. The van der Waals surface area contributed by atoms with Crippen LogP contribution in [0.15, 0.2) is 0 Å². The van der Waals surface area contributed by atoms with Crippen molar-refractivity contribution in [1.82, 2.24) is 4.90 Å². The van der Waals surface area contributed by atoms with Crippen LogP contribution in [-0.4, -0.2) is 45.8 Å². The second kappa shape index (κ2) is 4.76. The van der Waals surface area contributed by atoms with E-state index >= 15 is 0 Å². The molecule has 2 amide bonds. The van der Waals surface area contributed by atoms with Crippen LogP contribution in [0.3, 0.4) is 0 Å². The number of rotatable bonds is 2. The number of aliphatic hydroxyl groups is 1. The van der Waals surface area contributed by atoms with Crippen LogP contribution in [0.1, 0.15) is 40.5 Å². The SMILES string of the molecule is CC(O)C1(C(N)=O)CCCN1C(=O)OC(C)(C)C. The van der Waals surface area contributed by atoms with Gasteiger partial charge in [0.15, 0.2) is 0 Å². The summed E-state index contributed by atoms with van der Waals surface area (Å²) >= 11 is 0. The Morgan fingerprint density at radius 3 is 2.39 bits per heavy atom. The topological polar surface area (TPSA) is 92.9 Å². The van der Waals surface area contributed by atoms with Crippen molar-refractivity contribution in [2.24, 2.45) is 5.73 Å². The molecule has 0 radical (unpaired) electrons. The van der Waals surface area contributed by atoms with Crippen molar-refractivity contribution in [3.05, 3.63) is 0 Å². The second-order valence-electron chi connectivity index (χ2n) is 5.70. The minimum absolute atomic E-state index is 0.360. The van der Waals surface area contributed by atoms with Crippen LogP contribution in [0.2, 0.25) is 0 Å². The van der Waals surface area contributed by atoms with Gasteiger partial charge >= 0.3 is 6.09 Å². The minimum Gasteiger partial charge on any atom is -0.444 e. The number of carbonyl (C=O) groups excluding carboxylic acids is 2. The molecule has 6 nitrogen and oxygen atoms in total. The van der Waals surface area contributed by atoms with E-state index in [-0.39, 0.29) is 0 Å². The van der Waals surface area contributed by atoms with Crippen LogP contribution < -0.4 is 5.73 Å². The number of likely N-dealkylation sites (tertiary alicyclic amines) is 1. The number of nitrogens with two attached hydrogens (primary N) is 1.